The first-order valence-corrected chi connectivity index (χ1v) is 15.3. The smallest absolute Gasteiger partial charge is 0.383 e. The number of ether oxygens (including phenoxy) is 3. The van der Waals surface area contributed by atoms with E-state index in [1.165, 1.54) is 44.1 Å². The van der Waals surface area contributed by atoms with Gasteiger partial charge in [-0.25, -0.2) is 9.59 Å². The molecule has 0 bridgehead atoms. The monoisotopic (exact) mass is 574 g/mol. The molecular weight excluding hydrogens is 528 g/mol. The summed E-state index contributed by atoms with van der Waals surface area (Å²) in [5, 5.41) is 0.403. The number of allylic oxidation sites excluding steroid dienone is 3. The van der Waals surface area contributed by atoms with Gasteiger partial charge in [-0.1, -0.05) is 93.4 Å². The summed E-state index contributed by atoms with van der Waals surface area (Å²) < 4.78 is 23.6. The molecule has 6 nitrogen and oxygen atoms in total. The van der Waals surface area contributed by atoms with Crippen LogP contribution in [0.2, 0.25) is 0 Å². The van der Waals surface area contributed by atoms with E-state index in [1.54, 1.807) is 42.5 Å². The van der Waals surface area contributed by atoms with Gasteiger partial charge in [0.1, 0.15) is 23.3 Å². The molecule has 0 fully saturated rings. The Bertz CT molecular complexity index is 1380. The molecule has 0 aliphatic heterocycles. The van der Waals surface area contributed by atoms with E-state index in [-0.39, 0.29) is 23.7 Å². The van der Waals surface area contributed by atoms with Gasteiger partial charge in [0.2, 0.25) is 5.75 Å². The van der Waals surface area contributed by atoms with E-state index in [0.717, 1.165) is 31.3 Å². The third-order valence-electron chi connectivity index (χ3n) is 7.02. The molecule has 0 aliphatic rings. The number of hydrogen-bond acceptors (Lipinski definition) is 6. The minimum Gasteiger partial charge on any atom is -0.493 e. The Labute approximate surface area is 250 Å². The molecule has 3 aromatic rings. The Balaban J connectivity index is 1.83. The molecule has 0 N–H and O–H groups in total. The first-order chi connectivity index (χ1) is 20.4. The number of carbonyl (C=O) groups excluding carboxylic acids is 1. The predicted molar refractivity (Wildman–Crippen MR) is 170 cm³/mol. The van der Waals surface area contributed by atoms with E-state index in [1.807, 2.05) is 19.1 Å². The maximum Gasteiger partial charge on any atom is 0.383 e. The zero-order chi connectivity index (χ0) is 30.2. The van der Waals surface area contributed by atoms with Gasteiger partial charge >= 0.3 is 11.6 Å². The van der Waals surface area contributed by atoms with Crippen LogP contribution in [0.4, 0.5) is 0 Å². The van der Waals surface area contributed by atoms with Crippen molar-refractivity contribution in [2.75, 3.05) is 13.2 Å². The summed E-state index contributed by atoms with van der Waals surface area (Å²) in [5.41, 5.74) is 2.32. The molecule has 1 heterocycles. The number of benzene rings is 2. The Hall–Kier alpha value is -3.80. The Morgan fingerprint density at radius 2 is 1.52 bits per heavy atom. The lowest BCUT2D eigenvalue weighted by atomic mass is 10.1. The van der Waals surface area contributed by atoms with Crippen molar-refractivity contribution in [1.29, 1.82) is 0 Å². The maximum absolute atomic E-state index is 13.1. The number of carbonyl (C=O) groups is 1. The predicted octanol–water partition coefficient (Wildman–Crippen LogP) is 9.60. The number of fused-ring (bicyclic) bond motifs is 1. The zero-order valence-electron chi connectivity index (χ0n) is 25.7. The van der Waals surface area contributed by atoms with Crippen molar-refractivity contribution in [2.45, 2.75) is 91.9 Å². The van der Waals surface area contributed by atoms with Crippen molar-refractivity contribution in [3.63, 3.8) is 0 Å². The Morgan fingerprint density at radius 1 is 0.810 bits per heavy atom. The van der Waals surface area contributed by atoms with Gasteiger partial charge in [-0.15, -0.1) is 0 Å². The van der Waals surface area contributed by atoms with Crippen LogP contribution >= 0.6 is 0 Å². The highest BCUT2D eigenvalue weighted by Crippen LogP contribution is 2.39. The van der Waals surface area contributed by atoms with Crippen LogP contribution in [0.15, 0.2) is 81.0 Å². The number of rotatable bonds is 18. The number of esters is 1. The van der Waals surface area contributed by atoms with Gasteiger partial charge in [0.05, 0.1) is 12.2 Å². The molecule has 42 heavy (non-hydrogen) atoms. The van der Waals surface area contributed by atoms with Crippen molar-refractivity contribution < 1.29 is 23.4 Å². The second-order valence-electron chi connectivity index (χ2n) is 10.9. The lowest BCUT2D eigenvalue weighted by molar-refractivity contribution is 0.0730. The summed E-state index contributed by atoms with van der Waals surface area (Å²) in [5.74, 6) is -0.257. The van der Waals surface area contributed by atoms with Crippen LogP contribution in [-0.2, 0) is 0 Å². The molecule has 0 amide bonds. The van der Waals surface area contributed by atoms with Gasteiger partial charge in [0.25, 0.3) is 0 Å². The third-order valence-corrected chi connectivity index (χ3v) is 7.02. The Kier molecular flexibility index (Phi) is 13.9. The van der Waals surface area contributed by atoms with Gasteiger partial charge in [0, 0.05) is 0 Å². The SMILES string of the molecule is CCCCCCCCCCOc1cccc2oc(=O)c(OCC=C(C)CCC=C(C)C)c(OC(=O)c3ccccc3)c12. The van der Waals surface area contributed by atoms with E-state index < -0.39 is 11.6 Å². The molecule has 0 atom stereocenters. The molecule has 2 aromatic carbocycles. The molecule has 0 saturated heterocycles. The lowest BCUT2D eigenvalue weighted by Crippen LogP contribution is -2.15. The van der Waals surface area contributed by atoms with Crippen molar-refractivity contribution in [2.24, 2.45) is 0 Å². The summed E-state index contributed by atoms with van der Waals surface area (Å²) in [6, 6.07) is 13.9. The van der Waals surface area contributed by atoms with Crippen molar-refractivity contribution in [3.8, 4) is 17.2 Å². The number of unbranched alkanes of at least 4 members (excludes halogenated alkanes) is 7. The van der Waals surface area contributed by atoms with E-state index >= 15 is 0 Å². The van der Waals surface area contributed by atoms with E-state index in [4.69, 9.17) is 18.6 Å². The second kappa shape index (κ2) is 17.9. The maximum atomic E-state index is 13.1. The first kappa shape index (κ1) is 32.7. The Morgan fingerprint density at radius 3 is 2.24 bits per heavy atom. The standard InChI is InChI=1S/C36H46O6/c1-5-6-7-8-9-10-11-15-25-39-30-22-17-23-31-32(30)33(42-35(37)29-20-13-12-14-21-29)34(36(38)41-31)40-26-24-28(4)19-16-18-27(2)3/h12-14,17-18,20-24H,5-11,15-16,19,25-26H2,1-4H3. The van der Waals surface area contributed by atoms with Crippen LogP contribution in [0.5, 0.6) is 17.2 Å². The van der Waals surface area contributed by atoms with Crippen LogP contribution in [-0.4, -0.2) is 19.2 Å². The van der Waals surface area contributed by atoms with E-state index in [0.29, 0.717) is 23.3 Å². The minimum atomic E-state index is -0.714. The second-order valence-corrected chi connectivity index (χ2v) is 10.9. The topological polar surface area (TPSA) is 75.0 Å². The van der Waals surface area contributed by atoms with Crippen LogP contribution in [0, 0.1) is 0 Å². The van der Waals surface area contributed by atoms with Crippen LogP contribution in [0.1, 0.15) is 102 Å². The lowest BCUT2D eigenvalue weighted by Gasteiger charge is -2.15. The fourth-order valence-corrected chi connectivity index (χ4v) is 4.62. The summed E-state index contributed by atoms with van der Waals surface area (Å²) in [6.45, 7) is 9.04. The summed E-state index contributed by atoms with van der Waals surface area (Å²) in [4.78, 5) is 26.2. The summed E-state index contributed by atoms with van der Waals surface area (Å²) in [6.07, 6.45) is 15.5. The van der Waals surface area contributed by atoms with E-state index in [9.17, 15) is 9.59 Å². The molecular formula is C36H46O6. The first-order valence-electron chi connectivity index (χ1n) is 15.3. The zero-order valence-corrected chi connectivity index (χ0v) is 25.7. The minimum absolute atomic E-state index is 0.0113. The molecule has 1 aromatic heterocycles. The van der Waals surface area contributed by atoms with Gasteiger partial charge < -0.3 is 18.6 Å². The quantitative estimate of drug-likeness (QED) is 0.0652. The average Bonchev–Trinajstić information content (AvgIpc) is 2.97. The molecule has 0 saturated carbocycles. The van der Waals surface area contributed by atoms with Gasteiger partial charge in [-0.3, -0.25) is 0 Å². The fourth-order valence-electron chi connectivity index (χ4n) is 4.62. The van der Waals surface area contributed by atoms with E-state index in [2.05, 4.69) is 26.8 Å². The van der Waals surface area contributed by atoms with Gasteiger partial charge in [-0.2, -0.15) is 0 Å². The highest BCUT2D eigenvalue weighted by molar-refractivity contribution is 5.97. The van der Waals surface area contributed by atoms with Crippen LogP contribution in [0.25, 0.3) is 11.0 Å². The number of hydrogen-bond donors (Lipinski definition) is 0. The van der Waals surface area contributed by atoms with Crippen molar-refractivity contribution in [1.82, 2.24) is 0 Å². The molecule has 0 aliphatic carbocycles. The molecule has 226 valence electrons. The highest BCUT2D eigenvalue weighted by atomic mass is 16.6. The molecule has 0 radical (unpaired) electrons. The summed E-state index contributed by atoms with van der Waals surface area (Å²) >= 11 is 0. The molecule has 0 spiro atoms. The largest absolute Gasteiger partial charge is 0.493 e. The van der Waals surface area contributed by atoms with Crippen LogP contribution < -0.4 is 19.8 Å². The van der Waals surface area contributed by atoms with Crippen molar-refractivity contribution in [3.05, 3.63) is 87.8 Å². The average molecular weight is 575 g/mol. The van der Waals surface area contributed by atoms with Crippen LogP contribution in [0.3, 0.4) is 0 Å². The molecule has 6 heteroatoms. The summed E-state index contributed by atoms with van der Waals surface area (Å²) in [7, 11) is 0. The molecule has 3 rings (SSSR count). The van der Waals surface area contributed by atoms with Crippen molar-refractivity contribution >= 4 is 16.9 Å². The molecule has 0 unspecified atom stereocenters. The van der Waals surface area contributed by atoms with Gasteiger partial charge in [-0.05, 0) is 70.4 Å². The third kappa shape index (κ3) is 10.6. The normalized spacial score (nSPS) is 11.4. The van der Waals surface area contributed by atoms with Gasteiger partial charge in [0.15, 0.2) is 5.75 Å². The fraction of sp³-hybridized carbons (Fsp3) is 0.444. The highest BCUT2D eigenvalue weighted by Gasteiger charge is 2.24.